The normalized spacial score (nSPS) is 23.9. The van der Waals surface area contributed by atoms with E-state index in [1.54, 1.807) is 0 Å². The third kappa shape index (κ3) is 2.57. The first-order valence-electron chi connectivity index (χ1n) is 5.91. The number of carbonyl (C=O) groups excluding carboxylic acids is 1. The molecule has 2 fully saturated rings. The highest BCUT2D eigenvalue weighted by Gasteiger charge is 2.31. The van der Waals surface area contributed by atoms with Crippen molar-refractivity contribution < 1.29 is 4.79 Å². The zero-order valence-corrected chi connectivity index (χ0v) is 9.33. The highest BCUT2D eigenvalue weighted by atomic mass is 16.1. The maximum atomic E-state index is 11.6. The van der Waals surface area contributed by atoms with Crippen molar-refractivity contribution in [1.82, 2.24) is 4.90 Å². The smallest absolute Gasteiger partial charge is 0.133 e. The van der Waals surface area contributed by atoms with Gasteiger partial charge in [-0.3, -0.25) is 4.79 Å². The lowest BCUT2D eigenvalue weighted by Gasteiger charge is -2.41. The molecule has 1 aliphatic heterocycles. The van der Waals surface area contributed by atoms with Crippen molar-refractivity contribution in [3.05, 3.63) is 0 Å². The lowest BCUT2D eigenvalue weighted by Crippen LogP contribution is -2.50. The van der Waals surface area contributed by atoms with Crippen LogP contribution in [0.3, 0.4) is 0 Å². The molecule has 0 unspecified atom stereocenters. The molecule has 0 aromatic heterocycles. The molecule has 0 atom stereocenters. The number of rotatable bonds is 5. The van der Waals surface area contributed by atoms with Crippen LogP contribution in [0.2, 0.25) is 0 Å². The van der Waals surface area contributed by atoms with Crippen LogP contribution in [-0.4, -0.2) is 29.8 Å². The fourth-order valence-corrected chi connectivity index (χ4v) is 2.21. The van der Waals surface area contributed by atoms with Crippen molar-refractivity contribution in [2.24, 2.45) is 11.8 Å². The van der Waals surface area contributed by atoms with Gasteiger partial charge in [0.25, 0.3) is 0 Å². The standard InChI is InChI=1S/C12H21NO/c1-9(2)13-7-11(8-13)6-12(14)5-10-3-4-10/h9-11H,3-8H2,1-2H3. The lowest BCUT2D eigenvalue weighted by atomic mass is 9.91. The van der Waals surface area contributed by atoms with Gasteiger partial charge in [-0.15, -0.1) is 0 Å². The quantitative estimate of drug-likeness (QED) is 0.669. The van der Waals surface area contributed by atoms with Crippen LogP contribution in [0.1, 0.15) is 39.5 Å². The molecule has 0 aromatic carbocycles. The summed E-state index contributed by atoms with van der Waals surface area (Å²) >= 11 is 0. The number of likely N-dealkylation sites (tertiary alicyclic amines) is 1. The van der Waals surface area contributed by atoms with Crippen LogP contribution in [0.4, 0.5) is 0 Å². The molecule has 80 valence electrons. The Morgan fingerprint density at radius 2 is 1.79 bits per heavy atom. The third-order valence-corrected chi connectivity index (χ3v) is 3.45. The molecule has 2 nitrogen and oxygen atoms in total. The van der Waals surface area contributed by atoms with E-state index in [0.29, 0.717) is 17.7 Å². The van der Waals surface area contributed by atoms with Gasteiger partial charge in [0, 0.05) is 32.0 Å². The van der Waals surface area contributed by atoms with E-state index in [-0.39, 0.29) is 0 Å². The molecule has 14 heavy (non-hydrogen) atoms. The average molecular weight is 195 g/mol. The monoisotopic (exact) mass is 195 g/mol. The highest BCUT2D eigenvalue weighted by molar-refractivity contribution is 5.79. The molecule has 2 aliphatic rings. The molecule has 2 heteroatoms. The Labute approximate surface area is 86.7 Å². The summed E-state index contributed by atoms with van der Waals surface area (Å²) in [6, 6.07) is 0.657. The van der Waals surface area contributed by atoms with Crippen molar-refractivity contribution in [3.63, 3.8) is 0 Å². The van der Waals surface area contributed by atoms with Gasteiger partial charge in [0.05, 0.1) is 0 Å². The summed E-state index contributed by atoms with van der Waals surface area (Å²) in [5.41, 5.74) is 0. The summed E-state index contributed by atoms with van der Waals surface area (Å²) in [5, 5.41) is 0. The second kappa shape index (κ2) is 4.01. The molecule has 0 amide bonds. The number of ketones is 1. The number of nitrogens with zero attached hydrogens (tertiary/aromatic N) is 1. The van der Waals surface area contributed by atoms with Crippen molar-refractivity contribution in [2.75, 3.05) is 13.1 Å². The van der Waals surface area contributed by atoms with Crippen LogP contribution in [0.5, 0.6) is 0 Å². The second-order valence-electron chi connectivity index (χ2n) is 5.30. The minimum absolute atomic E-state index is 0.515. The third-order valence-electron chi connectivity index (χ3n) is 3.45. The van der Waals surface area contributed by atoms with Gasteiger partial charge in [0.15, 0.2) is 0 Å². The van der Waals surface area contributed by atoms with Gasteiger partial charge < -0.3 is 4.90 Å². The summed E-state index contributed by atoms with van der Waals surface area (Å²) in [7, 11) is 0. The van der Waals surface area contributed by atoms with Gasteiger partial charge >= 0.3 is 0 Å². The van der Waals surface area contributed by atoms with Gasteiger partial charge in [-0.05, 0) is 38.5 Å². The van der Waals surface area contributed by atoms with Gasteiger partial charge in [-0.25, -0.2) is 0 Å². The fraction of sp³-hybridized carbons (Fsp3) is 0.917. The molecule has 0 aromatic rings. The number of carbonyl (C=O) groups is 1. The van der Waals surface area contributed by atoms with E-state index < -0.39 is 0 Å². The summed E-state index contributed by atoms with van der Waals surface area (Å²) in [6.45, 7) is 6.74. The van der Waals surface area contributed by atoms with Gasteiger partial charge in [-0.1, -0.05) is 0 Å². The van der Waals surface area contributed by atoms with Crippen LogP contribution in [-0.2, 0) is 4.79 Å². The van der Waals surface area contributed by atoms with E-state index in [1.165, 1.54) is 12.8 Å². The minimum Gasteiger partial charge on any atom is -0.300 e. The van der Waals surface area contributed by atoms with Crippen LogP contribution < -0.4 is 0 Å². The molecule has 0 spiro atoms. The Kier molecular flexibility index (Phi) is 2.91. The van der Waals surface area contributed by atoms with E-state index in [9.17, 15) is 4.79 Å². The molecule has 2 rings (SSSR count). The van der Waals surface area contributed by atoms with Crippen molar-refractivity contribution in [1.29, 1.82) is 0 Å². The van der Waals surface area contributed by atoms with E-state index in [0.717, 1.165) is 31.8 Å². The van der Waals surface area contributed by atoms with Crippen molar-refractivity contribution in [3.8, 4) is 0 Å². The van der Waals surface area contributed by atoms with E-state index in [2.05, 4.69) is 18.7 Å². The summed E-state index contributed by atoms with van der Waals surface area (Å²) in [5.74, 6) is 1.95. The van der Waals surface area contributed by atoms with Crippen LogP contribution in [0.15, 0.2) is 0 Å². The molecule has 1 saturated carbocycles. The number of hydrogen-bond acceptors (Lipinski definition) is 2. The number of hydrogen-bond donors (Lipinski definition) is 0. The maximum absolute atomic E-state index is 11.6. The van der Waals surface area contributed by atoms with E-state index in [4.69, 9.17) is 0 Å². The van der Waals surface area contributed by atoms with E-state index in [1.807, 2.05) is 0 Å². The lowest BCUT2D eigenvalue weighted by molar-refractivity contribution is -0.121. The molecule has 1 saturated heterocycles. The predicted octanol–water partition coefficient (Wildman–Crippen LogP) is 2.09. The predicted molar refractivity (Wildman–Crippen MR) is 57.2 cm³/mol. The zero-order chi connectivity index (χ0) is 10.1. The van der Waals surface area contributed by atoms with Gasteiger partial charge in [0.2, 0.25) is 0 Å². The zero-order valence-electron chi connectivity index (χ0n) is 9.33. The summed E-state index contributed by atoms with van der Waals surface area (Å²) in [6.07, 6.45) is 4.32. The maximum Gasteiger partial charge on any atom is 0.133 e. The average Bonchev–Trinajstić information content (AvgIpc) is 2.78. The van der Waals surface area contributed by atoms with E-state index >= 15 is 0 Å². The topological polar surface area (TPSA) is 20.3 Å². The molecular weight excluding hydrogens is 174 g/mol. The Morgan fingerprint density at radius 3 is 2.29 bits per heavy atom. The molecular formula is C12H21NO. The van der Waals surface area contributed by atoms with Gasteiger partial charge in [-0.2, -0.15) is 0 Å². The first kappa shape index (κ1) is 10.2. The second-order valence-corrected chi connectivity index (χ2v) is 5.30. The van der Waals surface area contributed by atoms with Crippen LogP contribution in [0.25, 0.3) is 0 Å². The van der Waals surface area contributed by atoms with Crippen molar-refractivity contribution in [2.45, 2.75) is 45.6 Å². The molecule has 0 N–H and O–H groups in total. The first-order valence-corrected chi connectivity index (χ1v) is 5.91. The van der Waals surface area contributed by atoms with Gasteiger partial charge in [0.1, 0.15) is 5.78 Å². The Bertz CT molecular complexity index is 214. The first-order chi connectivity index (χ1) is 6.65. The molecule has 1 heterocycles. The number of Topliss-reactive ketones (excluding diaryl/α,β-unsaturated/α-hetero) is 1. The van der Waals surface area contributed by atoms with Crippen LogP contribution >= 0.6 is 0 Å². The minimum atomic E-state index is 0.515. The highest BCUT2D eigenvalue weighted by Crippen LogP contribution is 2.34. The van der Waals surface area contributed by atoms with Crippen LogP contribution in [0, 0.1) is 11.8 Å². The SMILES string of the molecule is CC(C)N1CC(CC(=O)CC2CC2)C1. The Hall–Kier alpha value is -0.370. The van der Waals surface area contributed by atoms with Crippen molar-refractivity contribution >= 4 is 5.78 Å². The fourth-order valence-electron chi connectivity index (χ4n) is 2.21. The molecule has 1 aliphatic carbocycles. The summed E-state index contributed by atoms with van der Waals surface area (Å²) < 4.78 is 0. The molecule has 0 bridgehead atoms. The molecule has 0 radical (unpaired) electrons. The Morgan fingerprint density at radius 1 is 1.21 bits per heavy atom. The summed E-state index contributed by atoms with van der Waals surface area (Å²) in [4.78, 5) is 14.0. The Balaban J connectivity index is 1.60. The largest absolute Gasteiger partial charge is 0.300 e.